The molecule has 0 spiro atoms. The zero-order valence-electron chi connectivity index (χ0n) is 15.1. The van der Waals surface area contributed by atoms with E-state index in [2.05, 4.69) is 4.90 Å². The molecule has 1 fully saturated rings. The predicted molar refractivity (Wildman–Crippen MR) is 102 cm³/mol. The number of hydrogen-bond donors (Lipinski definition) is 0. The van der Waals surface area contributed by atoms with Gasteiger partial charge in [0.2, 0.25) is 10.0 Å². The minimum absolute atomic E-state index is 0.205. The van der Waals surface area contributed by atoms with Gasteiger partial charge in [0.1, 0.15) is 16.5 Å². The number of rotatable bonds is 4. The van der Waals surface area contributed by atoms with E-state index in [-0.39, 0.29) is 11.7 Å². The van der Waals surface area contributed by atoms with Crippen LogP contribution in [0.3, 0.4) is 0 Å². The van der Waals surface area contributed by atoms with Crippen molar-refractivity contribution in [3.63, 3.8) is 0 Å². The smallest absolute Gasteiger partial charge is 0.246 e. The normalized spacial score (nSPS) is 18.5. The molecule has 0 aliphatic carbocycles. The molecule has 150 valence electrons. The van der Waals surface area contributed by atoms with Crippen molar-refractivity contribution in [3.8, 4) is 5.75 Å². The molecule has 2 aliphatic rings. The molecule has 2 heterocycles. The highest BCUT2D eigenvalue weighted by Gasteiger charge is 2.31. The number of sulfonamides is 1. The Kier molecular flexibility index (Phi) is 5.57. The van der Waals surface area contributed by atoms with Gasteiger partial charge in [0.05, 0.1) is 6.61 Å². The highest BCUT2D eigenvalue weighted by molar-refractivity contribution is 7.89. The molecule has 0 amide bonds. The molecule has 2 aromatic rings. The lowest BCUT2D eigenvalue weighted by atomic mass is 10.1. The summed E-state index contributed by atoms with van der Waals surface area (Å²) in [5.74, 6) is 0.0620. The van der Waals surface area contributed by atoms with Crippen molar-refractivity contribution in [1.82, 2.24) is 9.21 Å². The second kappa shape index (κ2) is 7.96. The third kappa shape index (κ3) is 3.88. The van der Waals surface area contributed by atoms with E-state index >= 15 is 0 Å². The maximum Gasteiger partial charge on any atom is 0.246 e. The van der Waals surface area contributed by atoms with Crippen LogP contribution in [0.1, 0.15) is 11.1 Å². The third-order valence-corrected chi connectivity index (χ3v) is 7.08. The Bertz CT molecular complexity index is 978. The quantitative estimate of drug-likeness (QED) is 0.752. The van der Waals surface area contributed by atoms with E-state index in [0.717, 1.165) is 22.9 Å². The van der Waals surface area contributed by atoms with Gasteiger partial charge in [-0.05, 0) is 24.3 Å². The largest absolute Gasteiger partial charge is 0.467 e. The van der Waals surface area contributed by atoms with Gasteiger partial charge in [-0.1, -0.05) is 23.7 Å². The van der Waals surface area contributed by atoms with Gasteiger partial charge >= 0.3 is 0 Å². The maximum absolute atomic E-state index is 13.9. The Balaban J connectivity index is 1.46. The first-order chi connectivity index (χ1) is 13.4. The summed E-state index contributed by atoms with van der Waals surface area (Å²) in [6.07, 6.45) is 0. The zero-order valence-corrected chi connectivity index (χ0v) is 16.7. The average molecular weight is 427 g/mol. The minimum Gasteiger partial charge on any atom is -0.467 e. The second-order valence-electron chi connectivity index (χ2n) is 6.77. The number of fused-ring (bicyclic) bond motifs is 1. The number of hydrogen-bond acceptors (Lipinski definition) is 5. The van der Waals surface area contributed by atoms with Crippen LogP contribution in [-0.2, 0) is 27.9 Å². The fraction of sp³-hybridized carbons (Fsp3) is 0.368. The topological polar surface area (TPSA) is 59.1 Å². The molecule has 9 heteroatoms. The van der Waals surface area contributed by atoms with E-state index in [4.69, 9.17) is 21.1 Å². The summed E-state index contributed by atoms with van der Waals surface area (Å²) in [5.41, 5.74) is 1.87. The molecular formula is C19H20ClFN2O4S. The SMILES string of the molecule is O=S(=O)(c1ccccc1F)N1CCN(Cc2cc(Cl)cc3c2OCOC3)CC1. The number of halogens is 2. The molecule has 1 saturated heterocycles. The summed E-state index contributed by atoms with van der Waals surface area (Å²) in [6.45, 7) is 2.91. The van der Waals surface area contributed by atoms with Crippen molar-refractivity contribution in [2.24, 2.45) is 0 Å². The Morgan fingerprint density at radius 1 is 1.11 bits per heavy atom. The first kappa shape index (κ1) is 19.6. The van der Waals surface area contributed by atoms with Gasteiger partial charge < -0.3 is 9.47 Å². The molecule has 6 nitrogen and oxygen atoms in total. The van der Waals surface area contributed by atoms with Crippen molar-refractivity contribution in [2.75, 3.05) is 33.0 Å². The van der Waals surface area contributed by atoms with Gasteiger partial charge in [-0.15, -0.1) is 0 Å². The van der Waals surface area contributed by atoms with Gasteiger partial charge in [-0.2, -0.15) is 4.31 Å². The monoisotopic (exact) mass is 426 g/mol. The number of ether oxygens (including phenoxy) is 2. The molecule has 0 saturated carbocycles. The maximum atomic E-state index is 13.9. The number of benzene rings is 2. The van der Waals surface area contributed by atoms with E-state index in [1.165, 1.54) is 22.5 Å². The fourth-order valence-corrected chi connectivity index (χ4v) is 5.29. The molecule has 0 radical (unpaired) electrons. The number of nitrogens with zero attached hydrogens (tertiary/aromatic N) is 2. The van der Waals surface area contributed by atoms with Crippen molar-refractivity contribution < 1.29 is 22.3 Å². The molecule has 2 aliphatic heterocycles. The first-order valence-electron chi connectivity index (χ1n) is 8.94. The van der Waals surface area contributed by atoms with E-state index in [0.29, 0.717) is 44.4 Å². The van der Waals surface area contributed by atoms with Crippen LogP contribution >= 0.6 is 11.6 Å². The summed E-state index contributed by atoms with van der Waals surface area (Å²) in [7, 11) is -3.84. The zero-order chi connectivity index (χ0) is 19.7. The van der Waals surface area contributed by atoms with Crippen molar-refractivity contribution in [3.05, 3.63) is 58.4 Å². The van der Waals surface area contributed by atoms with Crippen LogP contribution in [0.4, 0.5) is 4.39 Å². The lowest BCUT2D eigenvalue weighted by Crippen LogP contribution is -2.48. The van der Waals surface area contributed by atoms with E-state index in [1.807, 2.05) is 12.1 Å². The van der Waals surface area contributed by atoms with E-state index in [1.54, 1.807) is 0 Å². The molecule has 28 heavy (non-hydrogen) atoms. The van der Waals surface area contributed by atoms with Crippen LogP contribution < -0.4 is 4.74 Å². The Hall–Kier alpha value is -1.71. The minimum atomic E-state index is -3.84. The Morgan fingerprint density at radius 2 is 1.86 bits per heavy atom. The molecule has 0 atom stereocenters. The van der Waals surface area contributed by atoms with Crippen LogP contribution in [0, 0.1) is 5.82 Å². The number of piperazine rings is 1. The molecule has 0 aromatic heterocycles. The van der Waals surface area contributed by atoms with Gasteiger partial charge in [-0.3, -0.25) is 4.90 Å². The lowest BCUT2D eigenvalue weighted by molar-refractivity contribution is -0.0175. The molecule has 0 unspecified atom stereocenters. The molecule has 2 aromatic carbocycles. The molecule has 0 bridgehead atoms. The summed E-state index contributed by atoms with van der Waals surface area (Å²) < 4.78 is 51.7. The summed E-state index contributed by atoms with van der Waals surface area (Å²) in [5, 5.41) is 0.614. The predicted octanol–water partition coefficient (Wildman–Crippen LogP) is 2.85. The van der Waals surface area contributed by atoms with Crippen molar-refractivity contribution >= 4 is 21.6 Å². The van der Waals surface area contributed by atoms with Gasteiger partial charge in [-0.25, -0.2) is 12.8 Å². The van der Waals surface area contributed by atoms with Crippen molar-refractivity contribution in [2.45, 2.75) is 18.0 Å². The van der Waals surface area contributed by atoms with Crippen LogP contribution in [0.25, 0.3) is 0 Å². The van der Waals surface area contributed by atoms with Gasteiger partial charge in [0.15, 0.2) is 6.79 Å². The van der Waals surface area contributed by atoms with Crippen LogP contribution in [0.2, 0.25) is 5.02 Å². The van der Waals surface area contributed by atoms with Crippen LogP contribution in [0.5, 0.6) is 5.75 Å². The Labute approximate surface area is 168 Å². The van der Waals surface area contributed by atoms with Gasteiger partial charge in [0.25, 0.3) is 0 Å². The molecule has 4 rings (SSSR count). The highest BCUT2D eigenvalue weighted by Crippen LogP contribution is 2.32. The van der Waals surface area contributed by atoms with Crippen LogP contribution in [0.15, 0.2) is 41.3 Å². The highest BCUT2D eigenvalue weighted by atomic mass is 35.5. The molecule has 0 N–H and O–H groups in total. The van der Waals surface area contributed by atoms with Gasteiger partial charge in [0, 0.05) is 48.9 Å². The average Bonchev–Trinajstić information content (AvgIpc) is 2.68. The molecular weight excluding hydrogens is 407 g/mol. The summed E-state index contributed by atoms with van der Waals surface area (Å²) in [6, 6.07) is 9.17. The summed E-state index contributed by atoms with van der Waals surface area (Å²) >= 11 is 6.21. The third-order valence-electron chi connectivity index (χ3n) is 4.93. The van der Waals surface area contributed by atoms with E-state index < -0.39 is 15.8 Å². The van der Waals surface area contributed by atoms with Crippen molar-refractivity contribution in [1.29, 1.82) is 0 Å². The standard InChI is InChI=1S/C19H20ClFN2O4S/c20-16-9-14(19-15(10-16)12-26-13-27-19)11-22-5-7-23(8-6-22)28(24,25)18-4-2-1-3-17(18)21/h1-4,9-10H,5-8,11-13H2. The summed E-state index contributed by atoms with van der Waals surface area (Å²) in [4.78, 5) is 1.86. The second-order valence-corrected chi connectivity index (χ2v) is 9.12. The van der Waals surface area contributed by atoms with E-state index in [9.17, 15) is 12.8 Å². The lowest BCUT2D eigenvalue weighted by Gasteiger charge is -2.34. The fourth-order valence-electron chi connectivity index (χ4n) is 3.54. The Morgan fingerprint density at radius 3 is 2.61 bits per heavy atom. The first-order valence-corrected chi connectivity index (χ1v) is 10.8. The van der Waals surface area contributed by atoms with Crippen LogP contribution in [-0.4, -0.2) is 50.6 Å².